The quantitative estimate of drug-likeness (QED) is 0.517. The average molecular weight is 269 g/mol. The van der Waals surface area contributed by atoms with E-state index in [-0.39, 0.29) is 12.1 Å². The number of carbonyl (C=O) groups excluding carboxylic acids is 1. The number of hydrogen-bond donors (Lipinski definition) is 0. The summed E-state index contributed by atoms with van der Waals surface area (Å²) in [5.74, 6) is -0.325. The first-order valence-electron chi connectivity index (χ1n) is 4.53. The third kappa shape index (κ3) is 6.34. The fraction of sp³-hybridized carbons (Fsp3) is 0.889. The first kappa shape index (κ1) is 13.9. The number of ether oxygens (including phenoxy) is 3. The summed E-state index contributed by atoms with van der Waals surface area (Å²) in [6.45, 7) is 5.32. The molecule has 14 heavy (non-hydrogen) atoms. The van der Waals surface area contributed by atoms with E-state index < -0.39 is 4.83 Å². The van der Waals surface area contributed by atoms with Gasteiger partial charge in [-0.3, -0.25) is 4.79 Å². The normalized spacial score (nSPS) is 14.9. The molecule has 0 aliphatic rings. The van der Waals surface area contributed by atoms with Gasteiger partial charge in [-0.2, -0.15) is 0 Å². The Balaban J connectivity index is 3.55. The van der Waals surface area contributed by atoms with E-state index in [4.69, 9.17) is 9.47 Å². The van der Waals surface area contributed by atoms with Crippen LogP contribution in [0.15, 0.2) is 0 Å². The fourth-order valence-electron chi connectivity index (χ4n) is 0.777. The van der Waals surface area contributed by atoms with Crippen LogP contribution in [0.2, 0.25) is 0 Å². The van der Waals surface area contributed by atoms with Crippen LogP contribution in [0.4, 0.5) is 0 Å². The van der Waals surface area contributed by atoms with Gasteiger partial charge in [0.05, 0.1) is 26.4 Å². The van der Waals surface area contributed by atoms with Crippen molar-refractivity contribution in [1.29, 1.82) is 0 Å². The Bertz CT molecular complexity index is 163. The molecule has 4 nitrogen and oxygen atoms in total. The maximum Gasteiger partial charge on any atom is 0.321 e. The zero-order chi connectivity index (χ0) is 11.0. The summed E-state index contributed by atoms with van der Waals surface area (Å²) < 4.78 is 15.0. The van der Waals surface area contributed by atoms with E-state index in [1.165, 1.54) is 7.11 Å². The van der Waals surface area contributed by atoms with Crippen molar-refractivity contribution in [2.45, 2.75) is 24.8 Å². The van der Waals surface area contributed by atoms with Crippen LogP contribution in [0.25, 0.3) is 0 Å². The number of carbonyl (C=O) groups is 1. The zero-order valence-electron chi connectivity index (χ0n) is 8.79. The van der Waals surface area contributed by atoms with Crippen molar-refractivity contribution in [2.75, 3.05) is 26.9 Å². The van der Waals surface area contributed by atoms with Gasteiger partial charge in [-0.1, -0.05) is 15.9 Å². The summed E-state index contributed by atoms with van der Waals surface area (Å²) in [7, 11) is 1.35. The number of rotatable bonds is 7. The monoisotopic (exact) mass is 268 g/mol. The topological polar surface area (TPSA) is 44.8 Å². The van der Waals surface area contributed by atoms with Crippen LogP contribution >= 0.6 is 15.9 Å². The second kappa shape index (κ2) is 8.20. The summed E-state index contributed by atoms with van der Waals surface area (Å²) in [6.07, 6.45) is -0.0142. The molecule has 5 heteroatoms. The second-order valence-corrected chi connectivity index (χ2v) is 3.90. The SMILES string of the molecule is CCOCC(C)OCC(Br)C(=O)OC. The van der Waals surface area contributed by atoms with Crippen LogP contribution < -0.4 is 0 Å². The lowest BCUT2D eigenvalue weighted by Crippen LogP contribution is -2.26. The van der Waals surface area contributed by atoms with Crippen LogP contribution in [-0.4, -0.2) is 43.8 Å². The highest BCUT2D eigenvalue weighted by atomic mass is 79.9. The summed E-state index contributed by atoms with van der Waals surface area (Å²) >= 11 is 3.16. The van der Waals surface area contributed by atoms with Crippen molar-refractivity contribution < 1.29 is 19.0 Å². The summed E-state index contributed by atoms with van der Waals surface area (Å²) in [5.41, 5.74) is 0. The Labute approximate surface area is 93.0 Å². The predicted molar refractivity (Wildman–Crippen MR) is 56.6 cm³/mol. The summed E-state index contributed by atoms with van der Waals surface area (Å²) in [5, 5.41) is 0. The number of hydrogen-bond acceptors (Lipinski definition) is 4. The Morgan fingerprint density at radius 1 is 1.43 bits per heavy atom. The maximum absolute atomic E-state index is 11.0. The molecule has 2 unspecified atom stereocenters. The lowest BCUT2D eigenvalue weighted by atomic mass is 10.4. The van der Waals surface area contributed by atoms with E-state index in [1.807, 2.05) is 13.8 Å². The fourth-order valence-corrected chi connectivity index (χ4v) is 1.12. The molecule has 2 atom stereocenters. The highest BCUT2D eigenvalue weighted by molar-refractivity contribution is 9.10. The molecule has 0 aliphatic heterocycles. The molecule has 0 aromatic carbocycles. The molecular formula is C9H17BrO4. The van der Waals surface area contributed by atoms with Gasteiger partial charge in [-0.15, -0.1) is 0 Å². The molecular weight excluding hydrogens is 252 g/mol. The molecule has 0 saturated carbocycles. The molecule has 0 fully saturated rings. The van der Waals surface area contributed by atoms with Crippen molar-refractivity contribution in [3.05, 3.63) is 0 Å². The van der Waals surface area contributed by atoms with E-state index in [2.05, 4.69) is 20.7 Å². The van der Waals surface area contributed by atoms with Gasteiger partial charge in [0.2, 0.25) is 0 Å². The molecule has 0 aliphatic carbocycles. The Morgan fingerprint density at radius 2 is 2.07 bits per heavy atom. The molecule has 0 amide bonds. The van der Waals surface area contributed by atoms with Crippen molar-refractivity contribution in [3.8, 4) is 0 Å². The van der Waals surface area contributed by atoms with Crippen LogP contribution in [-0.2, 0) is 19.0 Å². The van der Waals surface area contributed by atoms with Crippen molar-refractivity contribution in [1.82, 2.24) is 0 Å². The Kier molecular flexibility index (Phi) is 8.12. The molecule has 0 saturated heterocycles. The number of halogens is 1. The molecule has 0 bridgehead atoms. The number of alkyl halides is 1. The minimum absolute atomic E-state index is 0.0142. The van der Waals surface area contributed by atoms with Crippen LogP contribution in [0.5, 0.6) is 0 Å². The largest absolute Gasteiger partial charge is 0.468 e. The maximum atomic E-state index is 11.0. The lowest BCUT2D eigenvalue weighted by molar-refractivity contribution is -0.141. The minimum Gasteiger partial charge on any atom is -0.468 e. The van der Waals surface area contributed by atoms with Gasteiger partial charge in [0.15, 0.2) is 0 Å². The van der Waals surface area contributed by atoms with Gasteiger partial charge in [0.1, 0.15) is 4.83 Å². The van der Waals surface area contributed by atoms with Gasteiger partial charge in [-0.05, 0) is 13.8 Å². The molecule has 0 rings (SSSR count). The summed E-state index contributed by atoms with van der Waals surface area (Å²) in [6, 6.07) is 0. The smallest absolute Gasteiger partial charge is 0.321 e. The highest BCUT2D eigenvalue weighted by Crippen LogP contribution is 2.04. The van der Waals surface area contributed by atoms with E-state index in [1.54, 1.807) is 0 Å². The Morgan fingerprint density at radius 3 is 2.57 bits per heavy atom. The predicted octanol–water partition coefficient (Wildman–Crippen LogP) is 1.36. The Hall–Kier alpha value is -0.130. The third-order valence-corrected chi connectivity index (χ3v) is 2.18. The van der Waals surface area contributed by atoms with Gasteiger partial charge < -0.3 is 14.2 Å². The third-order valence-electron chi connectivity index (χ3n) is 1.54. The van der Waals surface area contributed by atoms with Gasteiger partial charge in [0, 0.05) is 6.61 Å². The van der Waals surface area contributed by atoms with Gasteiger partial charge >= 0.3 is 5.97 Å². The van der Waals surface area contributed by atoms with E-state index in [0.29, 0.717) is 19.8 Å². The second-order valence-electron chi connectivity index (χ2n) is 2.79. The molecule has 0 heterocycles. The standard InChI is InChI=1S/C9H17BrO4/c1-4-13-5-7(2)14-6-8(10)9(11)12-3/h7-8H,4-6H2,1-3H3. The van der Waals surface area contributed by atoms with Crippen molar-refractivity contribution in [3.63, 3.8) is 0 Å². The van der Waals surface area contributed by atoms with Gasteiger partial charge in [0.25, 0.3) is 0 Å². The highest BCUT2D eigenvalue weighted by Gasteiger charge is 2.16. The lowest BCUT2D eigenvalue weighted by Gasteiger charge is -2.14. The first-order valence-corrected chi connectivity index (χ1v) is 5.44. The molecule has 0 N–H and O–H groups in total. The number of esters is 1. The van der Waals surface area contributed by atoms with E-state index in [9.17, 15) is 4.79 Å². The van der Waals surface area contributed by atoms with Crippen LogP contribution in [0, 0.1) is 0 Å². The van der Waals surface area contributed by atoms with Crippen molar-refractivity contribution in [2.24, 2.45) is 0 Å². The average Bonchev–Trinajstić information content (AvgIpc) is 2.21. The molecule has 0 aromatic rings. The molecule has 0 spiro atoms. The van der Waals surface area contributed by atoms with Gasteiger partial charge in [-0.25, -0.2) is 0 Å². The van der Waals surface area contributed by atoms with E-state index in [0.717, 1.165) is 0 Å². The van der Waals surface area contributed by atoms with Crippen LogP contribution in [0.1, 0.15) is 13.8 Å². The van der Waals surface area contributed by atoms with E-state index >= 15 is 0 Å². The minimum atomic E-state index is -0.406. The molecule has 0 radical (unpaired) electrons. The summed E-state index contributed by atoms with van der Waals surface area (Å²) in [4.78, 5) is 10.6. The van der Waals surface area contributed by atoms with Crippen molar-refractivity contribution >= 4 is 21.9 Å². The van der Waals surface area contributed by atoms with Crippen LogP contribution in [0.3, 0.4) is 0 Å². The first-order chi connectivity index (χ1) is 6.61. The molecule has 84 valence electrons. The number of methoxy groups -OCH3 is 1. The zero-order valence-corrected chi connectivity index (χ0v) is 10.4. The molecule has 0 aromatic heterocycles.